The Morgan fingerprint density at radius 3 is 2.69 bits per heavy atom. The highest BCUT2D eigenvalue weighted by Crippen LogP contribution is 2.28. The van der Waals surface area contributed by atoms with E-state index in [0.717, 1.165) is 17.0 Å². The van der Waals surface area contributed by atoms with Gasteiger partial charge in [-0.1, -0.05) is 24.3 Å². The zero-order valence-electron chi connectivity index (χ0n) is 16.4. The van der Waals surface area contributed by atoms with Crippen molar-refractivity contribution < 1.29 is 13.2 Å². The summed E-state index contributed by atoms with van der Waals surface area (Å²) in [5.74, 6) is -0.244. The third-order valence-electron chi connectivity index (χ3n) is 4.74. The first kappa shape index (κ1) is 20.7. The smallest absolute Gasteiger partial charge is 0.266 e. The molecule has 152 valence electrons. The number of alkyl halides is 2. The monoisotopic (exact) mass is 401 g/mol. The number of aryl methyl sites for hydroxylation is 2. The molecular formula is C21H22F3N5. The van der Waals surface area contributed by atoms with Gasteiger partial charge in [0.15, 0.2) is 5.49 Å². The van der Waals surface area contributed by atoms with Gasteiger partial charge >= 0.3 is 0 Å². The Kier molecular flexibility index (Phi) is 6.12. The number of nitrogens with zero attached hydrogens (tertiary/aromatic N) is 4. The van der Waals surface area contributed by atoms with Crippen LogP contribution in [0.2, 0.25) is 0 Å². The van der Waals surface area contributed by atoms with Gasteiger partial charge in [-0.2, -0.15) is 0 Å². The van der Waals surface area contributed by atoms with Gasteiger partial charge in [-0.15, -0.1) is 0 Å². The molecule has 1 aromatic carbocycles. The normalized spacial score (nSPS) is 13.7. The number of aromatic nitrogens is 3. The van der Waals surface area contributed by atoms with Crippen LogP contribution in [0.25, 0.3) is 17.0 Å². The molecule has 0 saturated heterocycles. The van der Waals surface area contributed by atoms with Crippen LogP contribution in [0.5, 0.6) is 0 Å². The van der Waals surface area contributed by atoms with E-state index in [2.05, 4.69) is 15.0 Å². The number of rotatable bonds is 5. The Labute approximate surface area is 166 Å². The third kappa shape index (κ3) is 4.22. The quantitative estimate of drug-likeness (QED) is 0.703. The van der Waals surface area contributed by atoms with E-state index in [1.807, 2.05) is 24.6 Å². The summed E-state index contributed by atoms with van der Waals surface area (Å²) in [6.07, 6.45) is 2.39. The fourth-order valence-corrected chi connectivity index (χ4v) is 3.06. The largest absolute Gasteiger partial charge is 0.331 e. The molecule has 2 N–H and O–H groups in total. The third-order valence-corrected chi connectivity index (χ3v) is 4.74. The summed E-state index contributed by atoms with van der Waals surface area (Å²) in [6, 6.07) is 5.08. The van der Waals surface area contributed by atoms with Crippen molar-refractivity contribution in [2.75, 3.05) is 6.54 Å². The fraction of sp³-hybridized carbons (Fsp3) is 0.286. The average Bonchev–Trinajstić information content (AvgIpc) is 2.70. The van der Waals surface area contributed by atoms with Gasteiger partial charge in [-0.25, -0.2) is 18.2 Å². The minimum atomic E-state index is -2.89. The molecule has 0 saturated carbocycles. The molecule has 2 heterocycles. The number of nitrogens with two attached hydrogens (primary N) is 1. The van der Waals surface area contributed by atoms with Crippen molar-refractivity contribution in [1.29, 1.82) is 0 Å². The van der Waals surface area contributed by atoms with Gasteiger partial charge in [0.2, 0.25) is 0 Å². The van der Waals surface area contributed by atoms with Gasteiger partial charge in [0, 0.05) is 24.5 Å². The highest BCUT2D eigenvalue weighted by atomic mass is 19.3. The molecule has 1 atom stereocenters. The first-order valence-corrected chi connectivity index (χ1v) is 9.13. The van der Waals surface area contributed by atoms with Crippen molar-refractivity contribution in [3.8, 4) is 0 Å². The van der Waals surface area contributed by atoms with Crippen LogP contribution >= 0.6 is 0 Å². The lowest BCUT2D eigenvalue weighted by Crippen LogP contribution is -2.18. The summed E-state index contributed by atoms with van der Waals surface area (Å²) in [5, 5.41) is 0.724. The van der Waals surface area contributed by atoms with Gasteiger partial charge in [-0.3, -0.25) is 9.98 Å². The Morgan fingerprint density at radius 2 is 2.00 bits per heavy atom. The lowest BCUT2D eigenvalue weighted by molar-refractivity contribution is 0.146. The number of benzene rings is 1. The minimum absolute atomic E-state index is 0.0981. The second-order valence-electron chi connectivity index (χ2n) is 6.66. The Morgan fingerprint density at radius 1 is 1.28 bits per heavy atom. The Balaban J connectivity index is 2.20. The standard InChI is InChI=1S/C21H22F3N5/c1-12(15-7-4-8-16(19(15)22)20(23)24)27-21-17-10-14(6-5-9-25)26-11-18(17)29(3)13(2)28-21/h4-8,10-12,20H,9,25H2,1-3H3/b6-5+,27-21?. The van der Waals surface area contributed by atoms with E-state index in [0.29, 0.717) is 23.6 Å². The zero-order valence-corrected chi connectivity index (χ0v) is 16.4. The summed E-state index contributed by atoms with van der Waals surface area (Å²) < 4.78 is 42.5. The summed E-state index contributed by atoms with van der Waals surface area (Å²) >= 11 is 0. The maximum atomic E-state index is 14.5. The predicted molar refractivity (Wildman–Crippen MR) is 107 cm³/mol. The van der Waals surface area contributed by atoms with Crippen LogP contribution in [-0.2, 0) is 7.05 Å². The average molecular weight is 401 g/mol. The number of hydrogen-bond acceptors (Lipinski definition) is 4. The molecule has 0 fully saturated rings. The maximum absolute atomic E-state index is 14.5. The van der Waals surface area contributed by atoms with E-state index in [1.165, 1.54) is 12.1 Å². The Bertz CT molecular complexity index is 1140. The van der Waals surface area contributed by atoms with E-state index in [-0.39, 0.29) is 5.56 Å². The second-order valence-corrected chi connectivity index (χ2v) is 6.66. The summed E-state index contributed by atoms with van der Waals surface area (Å²) in [6.45, 7) is 3.86. The lowest BCUT2D eigenvalue weighted by Gasteiger charge is -2.13. The van der Waals surface area contributed by atoms with Crippen LogP contribution in [0.4, 0.5) is 13.2 Å². The van der Waals surface area contributed by atoms with Crippen LogP contribution in [0.15, 0.2) is 41.5 Å². The van der Waals surface area contributed by atoms with Gasteiger partial charge in [0.05, 0.1) is 29.0 Å². The first-order chi connectivity index (χ1) is 13.8. The molecule has 0 spiro atoms. The van der Waals surface area contributed by atoms with Gasteiger partial charge in [0.1, 0.15) is 11.6 Å². The highest BCUT2D eigenvalue weighted by molar-refractivity contribution is 5.79. The van der Waals surface area contributed by atoms with Crippen molar-refractivity contribution in [3.05, 3.63) is 70.5 Å². The number of halogens is 3. The molecule has 0 bridgehead atoms. The van der Waals surface area contributed by atoms with E-state index < -0.39 is 23.8 Å². The molecule has 0 amide bonds. The summed E-state index contributed by atoms with van der Waals surface area (Å²) in [4.78, 5) is 13.5. The number of fused-ring (bicyclic) bond motifs is 1. The van der Waals surface area contributed by atoms with E-state index >= 15 is 0 Å². The number of hydrogen-bond donors (Lipinski definition) is 1. The van der Waals surface area contributed by atoms with E-state index in [1.54, 1.807) is 25.3 Å². The number of pyridine rings is 1. The molecule has 29 heavy (non-hydrogen) atoms. The van der Waals surface area contributed by atoms with Crippen LogP contribution in [0.1, 0.15) is 42.0 Å². The lowest BCUT2D eigenvalue weighted by atomic mass is 10.0. The van der Waals surface area contributed by atoms with E-state index in [4.69, 9.17) is 5.73 Å². The van der Waals surface area contributed by atoms with Crippen LogP contribution in [0, 0.1) is 12.7 Å². The van der Waals surface area contributed by atoms with Crippen molar-refractivity contribution in [1.82, 2.24) is 14.5 Å². The molecule has 0 aliphatic carbocycles. The van der Waals surface area contributed by atoms with Crippen molar-refractivity contribution in [2.45, 2.75) is 26.3 Å². The van der Waals surface area contributed by atoms with Crippen LogP contribution in [-0.4, -0.2) is 21.1 Å². The molecule has 3 rings (SSSR count). The van der Waals surface area contributed by atoms with E-state index in [9.17, 15) is 13.2 Å². The molecule has 3 aromatic rings. The summed E-state index contributed by atoms with van der Waals surface area (Å²) in [7, 11) is 1.86. The van der Waals surface area contributed by atoms with Gasteiger partial charge < -0.3 is 10.3 Å². The second kappa shape index (κ2) is 8.57. The fourth-order valence-electron chi connectivity index (χ4n) is 3.06. The molecular weight excluding hydrogens is 379 g/mol. The molecule has 2 aromatic heterocycles. The highest BCUT2D eigenvalue weighted by Gasteiger charge is 2.19. The minimum Gasteiger partial charge on any atom is -0.331 e. The SMILES string of the molecule is Cc1nc(=NC(C)c2cccc(C(F)F)c2F)c2cc(/C=C/CN)ncc2n1C. The summed E-state index contributed by atoms with van der Waals surface area (Å²) in [5.41, 5.74) is 6.85. The predicted octanol–water partition coefficient (Wildman–Crippen LogP) is 3.99. The van der Waals surface area contributed by atoms with Crippen molar-refractivity contribution >= 4 is 17.0 Å². The molecule has 5 nitrogen and oxygen atoms in total. The molecule has 0 aliphatic heterocycles. The molecule has 8 heteroatoms. The van der Waals surface area contributed by atoms with Crippen molar-refractivity contribution in [2.24, 2.45) is 17.8 Å². The van der Waals surface area contributed by atoms with Crippen LogP contribution < -0.4 is 11.2 Å². The topological polar surface area (TPSA) is 69.1 Å². The molecule has 0 radical (unpaired) electrons. The zero-order chi connectivity index (χ0) is 21.1. The van der Waals surface area contributed by atoms with Gasteiger partial charge in [0.25, 0.3) is 6.43 Å². The van der Waals surface area contributed by atoms with Gasteiger partial charge in [-0.05, 0) is 26.0 Å². The molecule has 0 aliphatic rings. The molecule has 1 unspecified atom stereocenters. The van der Waals surface area contributed by atoms with Crippen molar-refractivity contribution in [3.63, 3.8) is 0 Å². The van der Waals surface area contributed by atoms with Crippen LogP contribution in [0.3, 0.4) is 0 Å². The Hall–Kier alpha value is -3.00. The maximum Gasteiger partial charge on any atom is 0.266 e. The first-order valence-electron chi connectivity index (χ1n) is 9.13.